The Kier molecular flexibility index (Phi) is 4.48. The maximum absolute atomic E-state index is 12.4. The van der Waals surface area contributed by atoms with Crippen molar-refractivity contribution < 1.29 is 9.21 Å². The summed E-state index contributed by atoms with van der Waals surface area (Å²) in [5, 5.41) is 3.01. The van der Waals surface area contributed by atoms with Crippen molar-refractivity contribution in [1.82, 2.24) is 4.98 Å². The monoisotopic (exact) mass is 313 g/mol. The molecule has 2 atom stereocenters. The molecular weight excluding hydrogens is 290 g/mol. The molecule has 3 rings (SSSR count). The minimum Gasteiger partial charge on any atom is -0.444 e. The number of amides is 1. The normalized spacial score (nSPS) is 21.2. The van der Waals surface area contributed by atoms with Crippen LogP contribution in [0.25, 0.3) is 11.5 Å². The van der Waals surface area contributed by atoms with Crippen LogP contribution in [0.1, 0.15) is 36.9 Å². The van der Waals surface area contributed by atoms with E-state index in [1.807, 2.05) is 32.0 Å². The third-order valence-corrected chi connectivity index (χ3v) is 4.44. The Bertz CT molecular complexity index is 708. The second-order valence-corrected chi connectivity index (χ2v) is 6.44. The lowest BCUT2D eigenvalue weighted by Crippen LogP contribution is -2.34. The molecule has 5 heteroatoms. The summed E-state index contributed by atoms with van der Waals surface area (Å²) in [6, 6.07) is 5.94. The van der Waals surface area contributed by atoms with Crippen LogP contribution in [0.5, 0.6) is 0 Å². The van der Waals surface area contributed by atoms with Gasteiger partial charge in [0.05, 0.1) is 5.69 Å². The number of nitrogens with two attached hydrogens (primary N) is 1. The predicted molar refractivity (Wildman–Crippen MR) is 90.0 cm³/mol. The van der Waals surface area contributed by atoms with Crippen molar-refractivity contribution >= 4 is 11.6 Å². The third-order valence-electron chi connectivity index (χ3n) is 4.44. The van der Waals surface area contributed by atoms with Gasteiger partial charge >= 0.3 is 0 Å². The minimum absolute atomic E-state index is 0.00693. The number of nitrogens with one attached hydrogen (secondary N) is 1. The first-order valence-corrected chi connectivity index (χ1v) is 8.12. The van der Waals surface area contributed by atoms with Gasteiger partial charge < -0.3 is 15.5 Å². The molecule has 3 N–H and O–H groups in total. The molecule has 2 unspecified atom stereocenters. The highest BCUT2D eigenvalue weighted by molar-refractivity contribution is 5.93. The van der Waals surface area contributed by atoms with E-state index < -0.39 is 0 Å². The highest BCUT2D eigenvalue weighted by Crippen LogP contribution is 2.28. The van der Waals surface area contributed by atoms with E-state index in [2.05, 4.69) is 10.3 Å². The van der Waals surface area contributed by atoms with Gasteiger partial charge in [-0.1, -0.05) is 12.5 Å². The number of carbonyl (C=O) groups excluding carboxylic acids is 1. The highest BCUT2D eigenvalue weighted by atomic mass is 16.3. The third kappa shape index (κ3) is 3.62. The molecule has 1 aromatic carbocycles. The summed E-state index contributed by atoms with van der Waals surface area (Å²) in [5.74, 6) is 0.641. The molecule has 1 aliphatic carbocycles. The number of hydrogen-bond donors (Lipinski definition) is 2. The molecule has 1 fully saturated rings. The fourth-order valence-corrected chi connectivity index (χ4v) is 3.12. The predicted octanol–water partition coefficient (Wildman–Crippen LogP) is 3.41. The zero-order chi connectivity index (χ0) is 16.4. The maximum atomic E-state index is 12.4. The standard InChI is InChI=1S/C18H23N3O2/c1-11-6-7-15(9-16(11)18-20-12(2)10-23-18)21-17(22)13-4-3-5-14(19)8-13/h6-7,9-10,13-14H,3-5,8,19H2,1-2H3,(H,21,22). The van der Waals surface area contributed by atoms with E-state index in [0.29, 0.717) is 5.89 Å². The van der Waals surface area contributed by atoms with Crippen molar-refractivity contribution in [2.75, 3.05) is 5.32 Å². The van der Waals surface area contributed by atoms with Gasteiger partial charge in [0.1, 0.15) is 6.26 Å². The van der Waals surface area contributed by atoms with Crippen LogP contribution in [0.3, 0.4) is 0 Å². The summed E-state index contributed by atoms with van der Waals surface area (Å²) < 4.78 is 5.48. The van der Waals surface area contributed by atoms with E-state index in [4.69, 9.17) is 10.2 Å². The Labute approximate surface area is 136 Å². The summed E-state index contributed by atoms with van der Waals surface area (Å²) >= 11 is 0. The van der Waals surface area contributed by atoms with Crippen LogP contribution in [-0.4, -0.2) is 16.9 Å². The van der Waals surface area contributed by atoms with Crippen molar-refractivity contribution in [3.05, 3.63) is 35.7 Å². The van der Waals surface area contributed by atoms with Gasteiger partial charge in [0.25, 0.3) is 0 Å². The van der Waals surface area contributed by atoms with Crippen LogP contribution in [0.4, 0.5) is 5.69 Å². The molecule has 1 aliphatic rings. The van der Waals surface area contributed by atoms with Gasteiger partial charge in [-0.3, -0.25) is 4.79 Å². The fourth-order valence-electron chi connectivity index (χ4n) is 3.12. The first-order valence-electron chi connectivity index (χ1n) is 8.12. The van der Waals surface area contributed by atoms with E-state index in [-0.39, 0.29) is 17.9 Å². The molecule has 2 aromatic rings. The van der Waals surface area contributed by atoms with E-state index in [9.17, 15) is 4.79 Å². The summed E-state index contributed by atoms with van der Waals surface area (Å²) in [6.07, 6.45) is 5.35. The summed E-state index contributed by atoms with van der Waals surface area (Å²) in [5.41, 5.74) is 9.54. The molecule has 122 valence electrons. The number of hydrogen-bond acceptors (Lipinski definition) is 4. The summed E-state index contributed by atoms with van der Waals surface area (Å²) in [4.78, 5) is 16.8. The quantitative estimate of drug-likeness (QED) is 0.910. The molecule has 1 heterocycles. The zero-order valence-electron chi connectivity index (χ0n) is 13.6. The number of carbonyl (C=O) groups is 1. The Balaban J connectivity index is 1.77. The van der Waals surface area contributed by atoms with Crippen LogP contribution in [0.2, 0.25) is 0 Å². The molecule has 5 nitrogen and oxygen atoms in total. The van der Waals surface area contributed by atoms with E-state index in [1.54, 1.807) is 6.26 Å². The molecule has 0 saturated heterocycles. The molecule has 1 aromatic heterocycles. The van der Waals surface area contributed by atoms with Crippen LogP contribution in [0, 0.1) is 19.8 Å². The minimum atomic E-state index is 0.00693. The molecule has 0 radical (unpaired) electrons. The van der Waals surface area contributed by atoms with Gasteiger partial charge in [-0.2, -0.15) is 0 Å². The average molecular weight is 313 g/mol. The first-order chi connectivity index (χ1) is 11.0. The van der Waals surface area contributed by atoms with E-state index >= 15 is 0 Å². The molecule has 0 aliphatic heterocycles. The van der Waals surface area contributed by atoms with Crippen LogP contribution in [-0.2, 0) is 4.79 Å². The fraction of sp³-hybridized carbons (Fsp3) is 0.444. The molecule has 0 spiro atoms. The SMILES string of the molecule is Cc1coc(-c2cc(NC(=O)C3CCCC(N)C3)ccc2C)n1. The lowest BCUT2D eigenvalue weighted by molar-refractivity contribution is -0.120. The van der Waals surface area contributed by atoms with Crippen molar-refractivity contribution in [2.24, 2.45) is 11.7 Å². The Morgan fingerprint density at radius 2 is 2.17 bits per heavy atom. The van der Waals surface area contributed by atoms with Crippen LogP contribution < -0.4 is 11.1 Å². The number of nitrogens with zero attached hydrogens (tertiary/aromatic N) is 1. The number of aromatic nitrogens is 1. The summed E-state index contributed by atoms with van der Waals surface area (Å²) in [6.45, 7) is 3.89. The van der Waals surface area contributed by atoms with E-state index in [1.165, 1.54) is 0 Å². The molecular formula is C18H23N3O2. The lowest BCUT2D eigenvalue weighted by Gasteiger charge is -2.25. The Hall–Kier alpha value is -2.14. The molecule has 1 saturated carbocycles. The molecule has 1 amide bonds. The van der Waals surface area contributed by atoms with Gasteiger partial charge in [-0.05, 0) is 50.8 Å². The van der Waals surface area contributed by atoms with Crippen molar-refractivity contribution in [1.29, 1.82) is 0 Å². The number of anilines is 1. The lowest BCUT2D eigenvalue weighted by atomic mass is 9.85. The van der Waals surface area contributed by atoms with Crippen molar-refractivity contribution in [3.63, 3.8) is 0 Å². The number of aryl methyl sites for hydroxylation is 2. The summed E-state index contributed by atoms with van der Waals surface area (Å²) in [7, 11) is 0. The zero-order valence-corrected chi connectivity index (χ0v) is 13.6. The smallest absolute Gasteiger partial charge is 0.227 e. The van der Waals surface area contributed by atoms with E-state index in [0.717, 1.165) is 48.2 Å². The van der Waals surface area contributed by atoms with Gasteiger partial charge in [0.2, 0.25) is 11.8 Å². The van der Waals surface area contributed by atoms with Gasteiger partial charge in [-0.25, -0.2) is 4.98 Å². The average Bonchev–Trinajstić information content (AvgIpc) is 2.95. The van der Waals surface area contributed by atoms with Gasteiger partial charge in [0.15, 0.2) is 0 Å². The largest absolute Gasteiger partial charge is 0.444 e. The number of oxazole rings is 1. The second-order valence-electron chi connectivity index (χ2n) is 6.44. The number of rotatable bonds is 3. The van der Waals surface area contributed by atoms with Crippen molar-refractivity contribution in [2.45, 2.75) is 45.6 Å². The van der Waals surface area contributed by atoms with Crippen LogP contribution in [0.15, 0.2) is 28.9 Å². The van der Waals surface area contributed by atoms with Gasteiger partial charge in [-0.15, -0.1) is 0 Å². The maximum Gasteiger partial charge on any atom is 0.227 e. The highest BCUT2D eigenvalue weighted by Gasteiger charge is 2.25. The Morgan fingerprint density at radius 1 is 1.35 bits per heavy atom. The van der Waals surface area contributed by atoms with Gasteiger partial charge in [0, 0.05) is 23.2 Å². The first kappa shape index (κ1) is 15.7. The second kappa shape index (κ2) is 6.54. The molecule has 0 bridgehead atoms. The number of benzene rings is 1. The van der Waals surface area contributed by atoms with Crippen molar-refractivity contribution in [3.8, 4) is 11.5 Å². The van der Waals surface area contributed by atoms with Crippen LogP contribution >= 0.6 is 0 Å². The Morgan fingerprint density at radius 3 is 2.87 bits per heavy atom. The molecule has 23 heavy (non-hydrogen) atoms. The topological polar surface area (TPSA) is 81.2 Å².